The van der Waals surface area contributed by atoms with Crippen molar-refractivity contribution in [3.05, 3.63) is 27.8 Å². The minimum Gasteiger partial charge on any atom is -0.496 e. The number of rotatable bonds is 3. The highest BCUT2D eigenvalue weighted by Crippen LogP contribution is 2.40. The summed E-state index contributed by atoms with van der Waals surface area (Å²) in [6.45, 7) is 5.87. The quantitative estimate of drug-likeness (QED) is 0.895. The van der Waals surface area contributed by atoms with Gasteiger partial charge in [-0.15, -0.1) is 0 Å². The second-order valence-electron chi connectivity index (χ2n) is 4.76. The second-order valence-corrected chi connectivity index (χ2v) is 5.17. The van der Waals surface area contributed by atoms with Crippen molar-refractivity contribution in [2.45, 2.75) is 26.1 Å². The molecule has 2 atom stereocenters. The highest BCUT2D eigenvalue weighted by molar-refractivity contribution is 6.31. The molecule has 0 radical (unpaired) electrons. The highest BCUT2D eigenvalue weighted by atomic mass is 35.5. The van der Waals surface area contributed by atoms with Gasteiger partial charge in [-0.05, 0) is 25.5 Å². The van der Waals surface area contributed by atoms with Crippen molar-refractivity contribution < 1.29 is 14.6 Å². The molecule has 1 heterocycles. The van der Waals surface area contributed by atoms with Gasteiger partial charge in [0.05, 0.1) is 25.9 Å². The van der Waals surface area contributed by atoms with Crippen LogP contribution in [0.5, 0.6) is 5.75 Å². The van der Waals surface area contributed by atoms with Gasteiger partial charge in [-0.3, -0.25) is 0 Å². The standard InChI is InChI=1S/C14H20ClNO3/c1-8-11(15)6-10(9(2)17)14(18-3)13(8)12-7-16-4-5-19-12/h6,9,12,16-17H,4-5,7H2,1-3H3. The van der Waals surface area contributed by atoms with E-state index in [1.54, 1.807) is 20.1 Å². The van der Waals surface area contributed by atoms with E-state index < -0.39 is 6.10 Å². The van der Waals surface area contributed by atoms with Crippen LogP contribution in [-0.2, 0) is 4.74 Å². The Labute approximate surface area is 118 Å². The Morgan fingerprint density at radius 3 is 2.84 bits per heavy atom. The summed E-state index contributed by atoms with van der Waals surface area (Å²) in [5.41, 5.74) is 2.57. The van der Waals surface area contributed by atoms with E-state index in [9.17, 15) is 5.11 Å². The molecule has 1 aliphatic rings. The lowest BCUT2D eigenvalue weighted by molar-refractivity contribution is 0.0256. The number of hydrogen-bond donors (Lipinski definition) is 2. The van der Waals surface area contributed by atoms with E-state index in [2.05, 4.69) is 5.32 Å². The molecule has 0 saturated carbocycles. The molecule has 1 saturated heterocycles. The van der Waals surface area contributed by atoms with E-state index in [0.717, 1.165) is 24.2 Å². The molecule has 0 aromatic heterocycles. The summed E-state index contributed by atoms with van der Waals surface area (Å²) in [4.78, 5) is 0. The average Bonchev–Trinajstić information content (AvgIpc) is 2.41. The zero-order valence-corrected chi connectivity index (χ0v) is 12.3. The molecule has 4 nitrogen and oxygen atoms in total. The Morgan fingerprint density at radius 1 is 1.58 bits per heavy atom. The van der Waals surface area contributed by atoms with Crippen LogP contribution in [0.3, 0.4) is 0 Å². The van der Waals surface area contributed by atoms with Gasteiger partial charge in [-0.25, -0.2) is 0 Å². The van der Waals surface area contributed by atoms with E-state index in [-0.39, 0.29) is 6.10 Å². The molecule has 0 bridgehead atoms. The number of methoxy groups -OCH3 is 1. The first-order valence-corrected chi connectivity index (χ1v) is 6.81. The van der Waals surface area contributed by atoms with Gasteiger partial charge in [-0.2, -0.15) is 0 Å². The van der Waals surface area contributed by atoms with Crippen LogP contribution in [0.1, 0.15) is 35.8 Å². The van der Waals surface area contributed by atoms with Crippen molar-refractivity contribution in [2.24, 2.45) is 0 Å². The zero-order valence-electron chi connectivity index (χ0n) is 11.5. The summed E-state index contributed by atoms with van der Waals surface area (Å²) in [5.74, 6) is 0.672. The summed E-state index contributed by atoms with van der Waals surface area (Å²) >= 11 is 6.27. The number of morpholine rings is 1. The van der Waals surface area contributed by atoms with Crippen molar-refractivity contribution in [1.29, 1.82) is 0 Å². The number of benzene rings is 1. The third-order valence-corrected chi connectivity index (χ3v) is 3.85. The van der Waals surface area contributed by atoms with Gasteiger partial charge < -0.3 is 19.9 Å². The van der Waals surface area contributed by atoms with E-state index in [1.807, 2.05) is 6.92 Å². The fourth-order valence-corrected chi connectivity index (χ4v) is 2.66. The molecule has 0 spiro atoms. The predicted molar refractivity (Wildman–Crippen MR) is 74.9 cm³/mol. The van der Waals surface area contributed by atoms with Crippen molar-refractivity contribution in [3.63, 3.8) is 0 Å². The van der Waals surface area contributed by atoms with Gasteiger partial charge >= 0.3 is 0 Å². The minimum atomic E-state index is -0.636. The number of hydrogen-bond acceptors (Lipinski definition) is 4. The molecule has 2 N–H and O–H groups in total. The molecule has 1 aliphatic heterocycles. The Hall–Kier alpha value is -0.810. The maximum atomic E-state index is 9.88. The van der Waals surface area contributed by atoms with Crippen LogP contribution in [0, 0.1) is 6.92 Å². The third-order valence-electron chi connectivity index (χ3n) is 3.46. The second kappa shape index (κ2) is 6.09. The van der Waals surface area contributed by atoms with E-state index >= 15 is 0 Å². The number of nitrogens with one attached hydrogen (secondary N) is 1. The van der Waals surface area contributed by atoms with Crippen molar-refractivity contribution in [3.8, 4) is 5.75 Å². The van der Waals surface area contributed by atoms with Gasteiger partial charge in [0, 0.05) is 29.2 Å². The van der Waals surface area contributed by atoms with Crippen LogP contribution < -0.4 is 10.1 Å². The Balaban J connectivity index is 2.55. The summed E-state index contributed by atoms with van der Waals surface area (Å²) in [6, 6.07) is 1.76. The van der Waals surface area contributed by atoms with Crippen LogP contribution in [0.4, 0.5) is 0 Å². The summed E-state index contributed by atoms with van der Waals surface area (Å²) in [7, 11) is 1.61. The first-order valence-electron chi connectivity index (χ1n) is 6.43. The smallest absolute Gasteiger partial charge is 0.130 e. The molecular weight excluding hydrogens is 266 g/mol. The normalized spacial score (nSPS) is 21.2. The SMILES string of the molecule is COc1c(C(C)O)cc(Cl)c(C)c1C1CNCCO1. The molecular formula is C14H20ClNO3. The van der Waals surface area contributed by atoms with Crippen molar-refractivity contribution >= 4 is 11.6 Å². The monoisotopic (exact) mass is 285 g/mol. The Morgan fingerprint density at radius 2 is 2.32 bits per heavy atom. The average molecular weight is 286 g/mol. The summed E-state index contributed by atoms with van der Waals surface area (Å²) < 4.78 is 11.3. The molecule has 1 aromatic rings. The lowest BCUT2D eigenvalue weighted by atomic mass is 9.95. The first-order chi connectivity index (χ1) is 9.06. The summed E-state index contributed by atoms with van der Waals surface area (Å²) in [6.07, 6.45) is -0.733. The Kier molecular flexibility index (Phi) is 4.68. The maximum absolute atomic E-state index is 9.88. The van der Waals surface area contributed by atoms with Gasteiger partial charge in [0.25, 0.3) is 0 Å². The highest BCUT2D eigenvalue weighted by Gasteiger charge is 2.26. The van der Waals surface area contributed by atoms with E-state index in [1.165, 1.54) is 0 Å². The van der Waals surface area contributed by atoms with Crippen LogP contribution in [0.25, 0.3) is 0 Å². The van der Waals surface area contributed by atoms with Gasteiger partial charge in [-0.1, -0.05) is 11.6 Å². The van der Waals surface area contributed by atoms with E-state index in [4.69, 9.17) is 21.1 Å². The predicted octanol–water partition coefficient (Wildman–Crippen LogP) is 2.37. The number of halogens is 1. The molecule has 1 fully saturated rings. The third kappa shape index (κ3) is 2.87. The molecule has 2 unspecified atom stereocenters. The van der Waals surface area contributed by atoms with Gasteiger partial charge in [0.15, 0.2) is 0 Å². The molecule has 1 aromatic carbocycles. The Bertz CT molecular complexity index is 456. The molecule has 0 amide bonds. The number of ether oxygens (including phenoxy) is 2. The van der Waals surface area contributed by atoms with Gasteiger partial charge in [0.2, 0.25) is 0 Å². The molecule has 2 rings (SSSR count). The van der Waals surface area contributed by atoms with Crippen molar-refractivity contribution in [1.82, 2.24) is 5.32 Å². The lowest BCUT2D eigenvalue weighted by Gasteiger charge is -2.28. The zero-order chi connectivity index (χ0) is 14.0. The van der Waals surface area contributed by atoms with Crippen molar-refractivity contribution in [2.75, 3.05) is 26.8 Å². The molecule has 0 aliphatic carbocycles. The largest absolute Gasteiger partial charge is 0.496 e. The van der Waals surface area contributed by atoms with Crippen LogP contribution in [0.15, 0.2) is 6.07 Å². The summed E-state index contributed by atoms with van der Waals surface area (Å²) in [5, 5.41) is 13.8. The minimum absolute atomic E-state index is 0.0973. The van der Waals surface area contributed by atoms with E-state index in [0.29, 0.717) is 22.9 Å². The van der Waals surface area contributed by atoms with Crippen LogP contribution in [-0.4, -0.2) is 31.9 Å². The fraction of sp³-hybridized carbons (Fsp3) is 0.571. The number of aliphatic hydroxyl groups is 1. The molecule has 5 heteroatoms. The van der Waals surface area contributed by atoms with Gasteiger partial charge in [0.1, 0.15) is 5.75 Å². The van der Waals surface area contributed by atoms with Crippen LogP contribution in [0.2, 0.25) is 5.02 Å². The number of aliphatic hydroxyl groups excluding tert-OH is 1. The first kappa shape index (κ1) is 14.6. The lowest BCUT2D eigenvalue weighted by Crippen LogP contribution is -2.34. The molecule has 106 valence electrons. The molecule has 19 heavy (non-hydrogen) atoms. The topological polar surface area (TPSA) is 50.7 Å². The fourth-order valence-electron chi connectivity index (χ4n) is 2.44. The maximum Gasteiger partial charge on any atom is 0.130 e. The van der Waals surface area contributed by atoms with Crippen LogP contribution >= 0.6 is 11.6 Å².